The summed E-state index contributed by atoms with van der Waals surface area (Å²) in [7, 11) is -2.73. The fourth-order valence-corrected chi connectivity index (χ4v) is 3.98. The molecule has 0 saturated carbocycles. The molecule has 1 aliphatic heterocycles. The Morgan fingerprint density at radius 2 is 1.86 bits per heavy atom. The third kappa shape index (κ3) is 4.82. The van der Waals surface area contributed by atoms with Gasteiger partial charge in [0.2, 0.25) is 0 Å². The molecule has 3 rings (SSSR count). The highest BCUT2D eigenvalue weighted by Gasteiger charge is 2.20. The Morgan fingerprint density at radius 3 is 2.54 bits per heavy atom. The molecular weight excluding hydrogens is 392 g/mol. The summed E-state index contributed by atoms with van der Waals surface area (Å²) in [6.45, 7) is 0.255. The zero-order chi connectivity index (χ0) is 20.1. The number of rotatable bonds is 7. The van der Waals surface area contributed by atoms with E-state index in [4.69, 9.17) is 4.74 Å². The summed E-state index contributed by atoms with van der Waals surface area (Å²) in [6.07, 6.45) is 0. The van der Waals surface area contributed by atoms with Crippen molar-refractivity contribution in [2.75, 3.05) is 42.9 Å². The van der Waals surface area contributed by atoms with Crippen molar-refractivity contribution >= 4 is 21.4 Å². The Bertz CT molecular complexity index is 919. The van der Waals surface area contributed by atoms with Gasteiger partial charge in [-0.1, -0.05) is 6.07 Å². The van der Waals surface area contributed by atoms with E-state index in [-0.39, 0.29) is 16.4 Å². The Morgan fingerprint density at radius 1 is 1.11 bits per heavy atom. The van der Waals surface area contributed by atoms with Gasteiger partial charge in [0.05, 0.1) is 17.7 Å². The molecule has 0 spiro atoms. The minimum absolute atomic E-state index is 0.0138. The Hall–Kier alpha value is -2.59. The van der Waals surface area contributed by atoms with E-state index in [9.17, 15) is 17.2 Å². The van der Waals surface area contributed by atoms with Gasteiger partial charge in [-0.25, -0.2) is 8.42 Å². The number of methoxy groups -OCH3 is 1. The zero-order valence-corrected chi connectivity index (χ0v) is 16.0. The van der Waals surface area contributed by atoms with Crippen LogP contribution in [0.4, 0.5) is 20.2 Å². The van der Waals surface area contributed by atoms with Gasteiger partial charge < -0.3 is 19.7 Å². The van der Waals surface area contributed by atoms with Crippen LogP contribution in [0, 0.1) is 0 Å². The van der Waals surface area contributed by atoms with Gasteiger partial charge in [0.1, 0.15) is 0 Å². The minimum Gasteiger partial charge on any atom is -0.493 e. The highest BCUT2D eigenvalue weighted by Crippen LogP contribution is 2.32. The summed E-state index contributed by atoms with van der Waals surface area (Å²) in [5, 5.41) is 3.26. The number of nitrogens with one attached hydrogen (secondary N) is 2. The van der Waals surface area contributed by atoms with Crippen LogP contribution >= 0.6 is 0 Å². The van der Waals surface area contributed by atoms with Crippen molar-refractivity contribution in [3.05, 3.63) is 42.5 Å². The first-order valence-corrected chi connectivity index (χ1v) is 10.1. The predicted molar refractivity (Wildman–Crippen MR) is 102 cm³/mol. The zero-order valence-electron chi connectivity index (χ0n) is 15.2. The van der Waals surface area contributed by atoms with Crippen LogP contribution in [0.15, 0.2) is 47.4 Å². The maximum absolute atomic E-state index is 12.7. The van der Waals surface area contributed by atoms with Crippen molar-refractivity contribution in [3.8, 4) is 11.5 Å². The van der Waals surface area contributed by atoms with E-state index in [1.54, 1.807) is 18.2 Å². The summed E-state index contributed by atoms with van der Waals surface area (Å²) in [5.74, 6) is -0.338. The predicted octanol–water partition coefficient (Wildman–Crippen LogP) is 2.51. The lowest BCUT2D eigenvalue weighted by atomic mass is 10.2. The highest BCUT2D eigenvalue weighted by molar-refractivity contribution is 7.92. The lowest BCUT2D eigenvalue weighted by Crippen LogP contribution is -2.43. The SMILES string of the molecule is COc1ccc(S(=O)(=O)Nc2cccc(N3CCNCC3)c2)cc1OC(F)F. The van der Waals surface area contributed by atoms with E-state index >= 15 is 0 Å². The molecule has 10 heteroatoms. The third-order valence-electron chi connectivity index (χ3n) is 4.24. The molecule has 0 amide bonds. The molecule has 28 heavy (non-hydrogen) atoms. The van der Waals surface area contributed by atoms with Gasteiger partial charge in [-0.15, -0.1) is 0 Å². The molecule has 0 bridgehead atoms. The van der Waals surface area contributed by atoms with Gasteiger partial charge in [0.25, 0.3) is 10.0 Å². The molecule has 1 aliphatic rings. The van der Waals surface area contributed by atoms with E-state index in [0.717, 1.165) is 37.9 Å². The average Bonchev–Trinajstić information content (AvgIpc) is 2.68. The maximum Gasteiger partial charge on any atom is 0.387 e. The standard InChI is InChI=1S/C18H21F2N3O4S/c1-26-16-6-5-15(12-17(16)27-18(19)20)28(24,25)22-13-3-2-4-14(11-13)23-9-7-21-8-10-23/h2-6,11-12,18,21-22H,7-10H2,1H3. The van der Waals surface area contributed by atoms with Gasteiger partial charge in [-0.3, -0.25) is 4.72 Å². The molecule has 2 aromatic rings. The lowest BCUT2D eigenvalue weighted by Gasteiger charge is -2.29. The van der Waals surface area contributed by atoms with Crippen molar-refractivity contribution in [3.63, 3.8) is 0 Å². The number of hydrogen-bond donors (Lipinski definition) is 2. The molecule has 0 aromatic heterocycles. The van der Waals surface area contributed by atoms with Crippen molar-refractivity contribution in [2.45, 2.75) is 11.5 Å². The van der Waals surface area contributed by atoms with E-state index in [0.29, 0.717) is 5.69 Å². The molecule has 0 atom stereocenters. The Balaban J connectivity index is 1.83. The van der Waals surface area contributed by atoms with Crippen LogP contribution in [0.1, 0.15) is 0 Å². The van der Waals surface area contributed by atoms with Crippen molar-refractivity contribution in [1.82, 2.24) is 5.32 Å². The van der Waals surface area contributed by atoms with E-state index in [1.807, 2.05) is 6.07 Å². The fourth-order valence-electron chi connectivity index (χ4n) is 2.92. The first kappa shape index (κ1) is 20.2. The van der Waals surface area contributed by atoms with E-state index in [2.05, 4.69) is 19.7 Å². The van der Waals surface area contributed by atoms with E-state index < -0.39 is 16.6 Å². The summed E-state index contributed by atoms with van der Waals surface area (Å²) in [6, 6.07) is 10.6. The number of anilines is 2. The summed E-state index contributed by atoms with van der Waals surface area (Å²) in [5.41, 5.74) is 1.28. The van der Waals surface area contributed by atoms with Crippen LogP contribution in [0.25, 0.3) is 0 Å². The first-order chi connectivity index (χ1) is 13.4. The Kier molecular flexibility index (Phi) is 6.20. The molecular formula is C18H21F2N3O4S. The summed E-state index contributed by atoms with van der Waals surface area (Å²) >= 11 is 0. The van der Waals surface area contributed by atoms with Crippen LogP contribution in [0.3, 0.4) is 0 Å². The number of hydrogen-bond acceptors (Lipinski definition) is 6. The second-order valence-corrected chi connectivity index (χ2v) is 7.77. The van der Waals surface area contributed by atoms with Crippen LogP contribution in [0.5, 0.6) is 11.5 Å². The maximum atomic E-state index is 12.7. The minimum atomic E-state index is -4.01. The third-order valence-corrected chi connectivity index (χ3v) is 5.62. The van der Waals surface area contributed by atoms with Crippen LogP contribution < -0.4 is 24.4 Å². The number of piperazine rings is 1. The Labute approximate surface area is 162 Å². The van der Waals surface area contributed by atoms with Gasteiger partial charge >= 0.3 is 6.61 Å². The molecule has 0 aliphatic carbocycles. The van der Waals surface area contributed by atoms with E-state index in [1.165, 1.54) is 19.2 Å². The largest absolute Gasteiger partial charge is 0.493 e. The van der Waals surface area contributed by atoms with Crippen molar-refractivity contribution in [2.24, 2.45) is 0 Å². The number of benzene rings is 2. The first-order valence-electron chi connectivity index (χ1n) is 8.60. The highest BCUT2D eigenvalue weighted by atomic mass is 32.2. The van der Waals surface area contributed by atoms with Crippen LogP contribution in [-0.2, 0) is 10.0 Å². The monoisotopic (exact) mass is 413 g/mol. The smallest absolute Gasteiger partial charge is 0.387 e. The molecule has 2 N–H and O–H groups in total. The van der Waals surface area contributed by atoms with Gasteiger partial charge in [0.15, 0.2) is 11.5 Å². The molecule has 0 unspecified atom stereocenters. The van der Waals surface area contributed by atoms with Crippen LogP contribution in [0.2, 0.25) is 0 Å². The molecule has 1 fully saturated rings. The van der Waals surface area contributed by atoms with Gasteiger partial charge in [-0.05, 0) is 30.3 Å². The summed E-state index contributed by atoms with van der Waals surface area (Å²) in [4.78, 5) is 1.94. The second-order valence-electron chi connectivity index (χ2n) is 6.08. The molecule has 7 nitrogen and oxygen atoms in total. The van der Waals surface area contributed by atoms with Gasteiger partial charge in [0, 0.05) is 37.9 Å². The number of nitrogens with zero attached hydrogens (tertiary/aromatic N) is 1. The summed E-state index contributed by atoms with van der Waals surface area (Å²) < 4.78 is 62.3. The molecule has 1 saturated heterocycles. The number of sulfonamides is 1. The topological polar surface area (TPSA) is 79.9 Å². The normalized spacial score (nSPS) is 14.8. The quantitative estimate of drug-likeness (QED) is 0.726. The second kappa shape index (κ2) is 8.61. The van der Waals surface area contributed by atoms with Crippen molar-refractivity contribution < 1.29 is 26.7 Å². The average molecular weight is 413 g/mol. The van der Waals surface area contributed by atoms with Crippen LogP contribution in [-0.4, -0.2) is 48.3 Å². The molecule has 1 heterocycles. The molecule has 152 valence electrons. The van der Waals surface area contributed by atoms with Crippen molar-refractivity contribution in [1.29, 1.82) is 0 Å². The number of ether oxygens (including phenoxy) is 2. The number of halogens is 2. The lowest BCUT2D eigenvalue weighted by molar-refractivity contribution is -0.0513. The van der Waals surface area contributed by atoms with Gasteiger partial charge in [-0.2, -0.15) is 8.78 Å². The molecule has 2 aromatic carbocycles. The fraction of sp³-hybridized carbons (Fsp3) is 0.333. The number of alkyl halides is 2. The molecule has 0 radical (unpaired) electrons.